The van der Waals surface area contributed by atoms with Gasteiger partial charge in [0, 0.05) is 30.8 Å². The van der Waals surface area contributed by atoms with Gasteiger partial charge < -0.3 is 4.90 Å². The highest BCUT2D eigenvalue weighted by atomic mass is 32.1. The Balaban J connectivity index is 1.55. The fourth-order valence-electron chi connectivity index (χ4n) is 2.73. The summed E-state index contributed by atoms with van der Waals surface area (Å²) in [5, 5.41) is 3.17. The lowest BCUT2D eigenvalue weighted by molar-refractivity contribution is -0.186. The van der Waals surface area contributed by atoms with Crippen molar-refractivity contribution in [2.75, 3.05) is 13.1 Å². The summed E-state index contributed by atoms with van der Waals surface area (Å²) in [5.74, 6) is -0.740. The first-order valence-corrected chi connectivity index (χ1v) is 8.12. The van der Waals surface area contributed by atoms with E-state index >= 15 is 0 Å². The molecule has 1 aliphatic carbocycles. The number of amides is 1. The number of likely N-dealkylation sites (tertiary alicyclic amines) is 1. The summed E-state index contributed by atoms with van der Waals surface area (Å²) in [6.45, 7) is 0.330. The number of rotatable bonds is 3. The number of nitrogens with zero attached hydrogens (tertiary/aromatic N) is 2. The fourth-order valence-corrected chi connectivity index (χ4v) is 3.72. The zero-order valence-electron chi connectivity index (χ0n) is 11.5. The first-order valence-electron chi connectivity index (χ1n) is 7.24. The van der Waals surface area contributed by atoms with Crippen LogP contribution in [0.5, 0.6) is 0 Å². The Bertz CT molecular complexity index is 517. The summed E-state index contributed by atoms with van der Waals surface area (Å²) in [6.07, 6.45) is -0.0243. The Hall–Kier alpha value is -1.11. The minimum Gasteiger partial charge on any atom is -0.335 e. The van der Waals surface area contributed by atoms with Crippen LogP contribution in [-0.4, -0.2) is 35.1 Å². The van der Waals surface area contributed by atoms with E-state index in [1.165, 1.54) is 12.8 Å². The van der Waals surface area contributed by atoms with Crippen LogP contribution < -0.4 is 0 Å². The predicted molar refractivity (Wildman–Crippen MR) is 73.2 cm³/mol. The lowest BCUT2D eigenvalue weighted by Gasteiger charge is -2.31. The molecule has 2 fully saturated rings. The Morgan fingerprint density at radius 2 is 1.95 bits per heavy atom. The van der Waals surface area contributed by atoms with Gasteiger partial charge in [-0.1, -0.05) is 0 Å². The van der Waals surface area contributed by atoms with Gasteiger partial charge in [0.05, 0.1) is 10.7 Å². The third kappa shape index (κ3) is 3.56. The number of hydrogen-bond acceptors (Lipinski definition) is 3. The molecule has 0 N–H and O–H groups in total. The van der Waals surface area contributed by atoms with Crippen molar-refractivity contribution in [2.24, 2.45) is 5.92 Å². The zero-order valence-corrected chi connectivity index (χ0v) is 12.3. The molecule has 1 aliphatic heterocycles. The number of hydrogen-bond donors (Lipinski definition) is 0. The Labute approximate surface area is 125 Å². The van der Waals surface area contributed by atoms with Crippen LogP contribution in [0.15, 0.2) is 5.38 Å². The van der Waals surface area contributed by atoms with Crippen molar-refractivity contribution in [2.45, 2.75) is 44.2 Å². The quantitative estimate of drug-likeness (QED) is 0.856. The van der Waals surface area contributed by atoms with Gasteiger partial charge in [-0.05, 0) is 31.6 Å². The smallest absolute Gasteiger partial charge is 0.335 e. The van der Waals surface area contributed by atoms with Gasteiger partial charge in [-0.3, -0.25) is 4.79 Å². The molecule has 0 unspecified atom stereocenters. The molecule has 3 nitrogen and oxygen atoms in total. The second-order valence-corrected chi connectivity index (χ2v) is 6.82. The lowest BCUT2D eigenvalue weighted by Crippen LogP contribution is -2.45. The Morgan fingerprint density at radius 3 is 2.52 bits per heavy atom. The highest BCUT2D eigenvalue weighted by Gasteiger charge is 2.43. The van der Waals surface area contributed by atoms with Crippen LogP contribution >= 0.6 is 11.3 Å². The third-order valence-electron chi connectivity index (χ3n) is 4.17. The average Bonchev–Trinajstić information content (AvgIpc) is 3.13. The molecule has 0 bridgehead atoms. The van der Waals surface area contributed by atoms with Crippen molar-refractivity contribution in [3.8, 4) is 0 Å². The van der Waals surface area contributed by atoms with E-state index in [-0.39, 0.29) is 19.0 Å². The van der Waals surface area contributed by atoms with Crippen molar-refractivity contribution < 1.29 is 18.0 Å². The minimum atomic E-state index is -4.76. The van der Waals surface area contributed by atoms with Crippen LogP contribution in [0.25, 0.3) is 0 Å². The molecule has 1 amide bonds. The number of thiazole rings is 1. The van der Waals surface area contributed by atoms with Gasteiger partial charge in [-0.2, -0.15) is 13.2 Å². The van der Waals surface area contributed by atoms with Crippen LogP contribution in [0.4, 0.5) is 13.2 Å². The maximum atomic E-state index is 12.4. The Kier molecular flexibility index (Phi) is 3.94. The summed E-state index contributed by atoms with van der Waals surface area (Å²) < 4.78 is 37.1. The summed E-state index contributed by atoms with van der Waals surface area (Å²) >= 11 is 1.65. The average molecular weight is 318 g/mol. The molecule has 0 atom stereocenters. The van der Waals surface area contributed by atoms with E-state index in [9.17, 15) is 18.0 Å². The molecule has 7 heteroatoms. The lowest BCUT2D eigenvalue weighted by atomic mass is 9.94. The summed E-state index contributed by atoms with van der Waals surface area (Å²) in [5.41, 5.74) is 0.995. The summed E-state index contributed by atoms with van der Waals surface area (Å²) in [4.78, 5) is 16.7. The second kappa shape index (κ2) is 5.59. The van der Waals surface area contributed by atoms with Crippen LogP contribution in [0.3, 0.4) is 0 Å². The highest BCUT2D eigenvalue weighted by molar-refractivity contribution is 7.09. The molecule has 2 aliphatic rings. The fraction of sp³-hybridized carbons (Fsp3) is 0.714. The zero-order chi connectivity index (χ0) is 15.0. The molecule has 1 aromatic heterocycles. The normalized spacial score (nSPS) is 20.8. The van der Waals surface area contributed by atoms with Crippen molar-refractivity contribution >= 4 is 17.2 Å². The van der Waals surface area contributed by atoms with E-state index in [0.717, 1.165) is 27.9 Å². The van der Waals surface area contributed by atoms with Gasteiger partial charge >= 0.3 is 12.1 Å². The number of aromatic nitrogens is 1. The number of halogens is 3. The number of piperidine rings is 1. The molecule has 3 rings (SSSR count). The van der Waals surface area contributed by atoms with E-state index in [1.54, 1.807) is 11.3 Å². The van der Waals surface area contributed by atoms with Crippen LogP contribution in [0.2, 0.25) is 0 Å². The number of carbonyl (C=O) groups is 1. The summed E-state index contributed by atoms with van der Waals surface area (Å²) in [7, 11) is 0. The number of alkyl halides is 3. The molecular weight excluding hydrogens is 301 g/mol. The van der Waals surface area contributed by atoms with Crippen molar-refractivity contribution in [1.29, 1.82) is 0 Å². The van der Waals surface area contributed by atoms with E-state index in [4.69, 9.17) is 0 Å². The first kappa shape index (κ1) is 14.8. The molecule has 0 radical (unpaired) electrons. The van der Waals surface area contributed by atoms with Crippen LogP contribution in [0.1, 0.15) is 42.3 Å². The van der Waals surface area contributed by atoms with Gasteiger partial charge in [0.25, 0.3) is 0 Å². The minimum absolute atomic E-state index is 0.165. The van der Waals surface area contributed by atoms with Gasteiger partial charge in [0.2, 0.25) is 0 Å². The van der Waals surface area contributed by atoms with E-state index in [0.29, 0.717) is 12.8 Å². The van der Waals surface area contributed by atoms with Gasteiger partial charge in [0.15, 0.2) is 0 Å². The molecule has 1 aromatic rings. The summed E-state index contributed by atoms with van der Waals surface area (Å²) in [6, 6.07) is 0. The molecule has 1 saturated carbocycles. The highest BCUT2D eigenvalue weighted by Crippen LogP contribution is 2.35. The van der Waals surface area contributed by atoms with Crippen molar-refractivity contribution in [3.63, 3.8) is 0 Å². The van der Waals surface area contributed by atoms with E-state index in [1.807, 2.05) is 5.38 Å². The number of carbonyl (C=O) groups excluding carboxylic acids is 1. The van der Waals surface area contributed by atoms with Gasteiger partial charge in [-0.15, -0.1) is 11.3 Å². The van der Waals surface area contributed by atoms with Crippen LogP contribution in [0, 0.1) is 5.92 Å². The van der Waals surface area contributed by atoms with E-state index in [2.05, 4.69) is 4.98 Å². The van der Waals surface area contributed by atoms with Gasteiger partial charge in [0.1, 0.15) is 0 Å². The topological polar surface area (TPSA) is 33.2 Å². The molecular formula is C14H17F3N2OS. The standard InChI is InChI=1S/C14H17F3N2OS/c15-14(16,17)13(20)19-5-3-10(4-6-19)11-8-21-12(18-11)7-9-1-2-9/h8-10H,1-7H2. The van der Waals surface area contributed by atoms with Crippen molar-refractivity contribution in [1.82, 2.24) is 9.88 Å². The Morgan fingerprint density at radius 1 is 1.29 bits per heavy atom. The molecule has 2 heterocycles. The molecule has 21 heavy (non-hydrogen) atoms. The van der Waals surface area contributed by atoms with Gasteiger partial charge in [-0.25, -0.2) is 4.98 Å². The third-order valence-corrected chi connectivity index (χ3v) is 5.06. The largest absolute Gasteiger partial charge is 0.471 e. The molecule has 116 valence electrons. The maximum absolute atomic E-state index is 12.4. The van der Waals surface area contributed by atoms with Crippen LogP contribution in [-0.2, 0) is 11.2 Å². The molecule has 0 aromatic carbocycles. The second-order valence-electron chi connectivity index (χ2n) is 5.88. The predicted octanol–water partition coefficient (Wildman–Crippen LogP) is 3.36. The first-order chi connectivity index (χ1) is 9.93. The SMILES string of the molecule is O=C(N1CCC(c2csc(CC3CC3)n2)CC1)C(F)(F)F. The monoisotopic (exact) mass is 318 g/mol. The van der Waals surface area contributed by atoms with E-state index < -0.39 is 12.1 Å². The molecule has 0 spiro atoms. The molecule has 1 saturated heterocycles. The maximum Gasteiger partial charge on any atom is 0.471 e. The van der Waals surface area contributed by atoms with Crippen molar-refractivity contribution in [3.05, 3.63) is 16.1 Å².